The van der Waals surface area contributed by atoms with Crippen LogP contribution in [0.2, 0.25) is 0 Å². The molecule has 1 aliphatic rings. The van der Waals surface area contributed by atoms with Crippen molar-refractivity contribution in [3.05, 3.63) is 59.7 Å². The Morgan fingerprint density at radius 2 is 1.87 bits per heavy atom. The van der Waals surface area contributed by atoms with Crippen LogP contribution in [0.15, 0.2) is 53.5 Å². The molecule has 1 atom stereocenters. The van der Waals surface area contributed by atoms with Crippen molar-refractivity contribution in [2.75, 3.05) is 20.7 Å². The summed E-state index contributed by atoms with van der Waals surface area (Å²) in [6.07, 6.45) is 0.786. The van der Waals surface area contributed by atoms with Crippen LogP contribution >= 0.6 is 24.0 Å². The van der Waals surface area contributed by atoms with Crippen LogP contribution in [-0.4, -0.2) is 38.2 Å². The van der Waals surface area contributed by atoms with Crippen molar-refractivity contribution >= 4 is 35.8 Å². The molecule has 0 fully saturated rings. The lowest BCUT2D eigenvalue weighted by Gasteiger charge is -2.38. The van der Waals surface area contributed by atoms with Crippen molar-refractivity contribution in [2.45, 2.75) is 38.5 Å². The van der Waals surface area contributed by atoms with Crippen LogP contribution in [0.5, 0.6) is 11.5 Å². The minimum absolute atomic E-state index is 0. The quantitative estimate of drug-likeness (QED) is 0.299. The standard InChI is InChI=1S/C23H30N4O3.HI/c1-23(2)13-19(18-7-5-6-8-20(18)30-23)27-22(24-3)26-15-21(28)25-14-16-9-11-17(29-4)12-10-16;/h5-12,19H,13-15H2,1-4H3,(H,25,28)(H2,24,26,27);1H. The largest absolute Gasteiger partial charge is 0.497 e. The van der Waals surface area contributed by atoms with E-state index in [4.69, 9.17) is 9.47 Å². The zero-order valence-corrected chi connectivity index (χ0v) is 20.7. The van der Waals surface area contributed by atoms with E-state index in [9.17, 15) is 4.79 Å². The number of halogens is 1. The lowest BCUT2D eigenvalue weighted by atomic mass is 9.90. The molecule has 0 bridgehead atoms. The summed E-state index contributed by atoms with van der Waals surface area (Å²) in [4.78, 5) is 16.5. The lowest BCUT2D eigenvalue weighted by molar-refractivity contribution is -0.120. The van der Waals surface area contributed by atoms with Crippen LogP contribution in [0.1, 0.15) is 37.4 Å². The highest BCUT2D eigenvalue weighted by molar-refractivity contribution is 14.0. The van der Waals surface area contributed by atoms with Gasteiger partial charge in [0.15, 0.2) is 5.96 Å². The predicted octanol–water partition coefficient (Wildman–Crippen LogP) is 3.40. The molecule has 1 amide bonds. The average Bonchev–Trinajstić information content (AvgIpc) is 2.74. The van der Waals surface area contributed by atoms with Crippen molar-refractivity contribution in [2.24, 2.45) is 4.99 Å². The smallest absolute Gasteiger partial charge is 0.239 e. The Kier molecular flexibility index (Phi) is 8.97. The molecule has 0 saturated heterocycles. The van der Waals surface area contributed by atoms with Gasteiger partial charge < -0.3 is 25.4 Å². The number of benzene rings is 2. The summed E-state index contributed by atoms with van der Waals surface area (Å²) in [5.74, 6) is 2.13. The number of rotatable bonds is 6. The molecular formula is C23H31IN4O3. The van der Waals surface area contributed by atoms with Crippen LogP contribution in [0.4, 0.5) is 0 Å². The molecule has 168 valence electrons. The van der Waals surface area contributed by atoms with Gasteiger partial charge >= 0.3 is 0 Å². The Labute approximate surface area is 201 Å². The van der Waals surface area contributed by atoms with Crippen molar-refractivity contribution in [1.82, 2.24) is 16.0 Å². The van der Waals surface area contributed by atoms with Gasteiger partial charge in [-0.3, -0.25) is 9.79 Å². The summed E-state index contributed by atoms with van der Waals surface area (Å²) in [5.41, 5.74) is 1.80. The molecular weight excluding hydrogens is 507 g/mol. The van der Waals surface area contributed by atoms with E-state index in [1.54, 1.807) is 14.2 Å². The number of carbonyl (C=O) groups excluding carboxylic acids is 1. The number of amides is 1. The first-order valence-electron chi connectivity index (χ1n) is 10.0. The van der Waals surface area contributed by atoms with E-state index in [1.165, 1.54) is 0 Å². The molecule has 0 aliphatic carbocycles. The number of nitrogens with zero attached hydrogens (tertiary/aromatic N) is 1. The van der Waals surface area contributed by atoms with E-state index in [2.05, 4.69) is 40.9 Å². The van der Waals surface area contributed by atoms with Crippen molar-refractivity contribution in [3.63, 3.8) is 0 Å². The van der Waals surface area contributed by atoms with E-state index < -0.39 is 0 Å². The highest BCUT2D eigenvalue weighted by Gasteiger charge is 2.33. The second-order valence-electron chi connectivity index (χ2n) is 7.85. The summed E-state index contributed by atoms with van der Waals surface area (Å²) in [6.45, 7) is 4.73. The summed E-state index contributed by atoms with van der Waals surface area (Å²) in [7, 11) is 3.32. The van der Waals surface area contributed by atoms with Crippen LogP contribution in [0.25, 0.3) is 0 Å². The number of nitrogens with one attached hydrogen (secondary N) is 3. The van der Waals surface area contributed by atoms with E-state index in [0.29, 0.717) is 12.5 Å². The molecule has 7 nitrogen and oxygen atoms in total. The molecule has 1 unspecified atom stereocenters. The molecule has 31 heavy (non-hydrogen) atoms. The molecule has 0 spiro atoms. The third-order valence-corrected chi connectivity index (χ3v) is 4.98. The lowest BCUT2D eigenvalue weighted by Crippen LogP contribution is -2.47. The molecule has 3 N–H and O–H groups in total. The normalized spacial score (nSPS) is 16.8. The number of methoxy groups -OCH3 is 1. The first-order valence-corrected chi connectivity index (χ1v) is 10.0. The van der Waals surface area contributed by atoms with Gasteiger partial charge in [0.1, 0.15) is 17.1 Å². The number of guanidine groups is 1. The molecule has 0 radical (unpaired) electrons. The number of carbonyl (C=O) groups is 1. The van der Waals surface area contributed by atoms with Gasteiger partial charge in [0.2, 0.25) is 5.91 Å². The Balaban J connectivity index is 0.00000341. The average molecular weight is 538 g/mol. The summed E-state index contributed by atoms with van der Waals surface area (Å²) >= 11 is 0. The number of aliphatic imine (C=N–C) groups is 1. The van der Waals surface area contributed by atoms with Gasteiger partial charge in [-0.25, -0.2) is 0 Å². The fourth-order valence-electron chi connectivity index (χ4n) is 3.46. The highest BCUT2D eigenvalue weighted by Crippen LogP contribution is 2.39. The van der Waals surface area contributed by atoms with Gasteiger partial charge in [0, 0.05) is 25.6 Å². The van der Waals surface area contributed by atoms with E-state index >= 15 is 0 Å². The molecule has 0 aromatic heterocycles. The molecule has 8 heteroatoms. The minimum Gasteiger partial charge on any atom is -0.497 e. The third-order valence-electron chi connectivity index (χ3n) is 4.98. The van der Waals surface area contributed by atoms with Gasteiger partial charge in [-0.1, -0.05) is 30.3 Å². The van der Waals surface area contributed by atoms with Crippen LogP contribution in [0.3, 0.4) is 0 Å². The van der Waals surface area contributed by atoms with Gasteiger partial charge in [-0.2, -0.15) is 0 Å². The first kappa shape index (κ1) is 24.8. The van der Waals surface area contributed by atoms with E-state index in [1.807, 2.05) is 42.5 Å². The van der Waals surface area contributed by atoms with Gasteiger partial charge in [-0.05, 0) is 37.6 Å². The fraction of sp³-hybridized carbons (Fsp3) is 0.391. The molecule has 3 rings (SSSR count). The van der Waals surface area contributed by atoms with E-state index in [0.717, 1.165) is 29.0 Å². The first-order chi connectivity index (χ1) is 14.4. The van der Waals surface area contributed by atoms with Crippen molar-refractivity contribution in [3.8, 4) is 11.5 Å². The zero-order valence-electron chi connectivity index (χ0n) is 18.4. The zero-order chi connectivity index (χ0) is 21.6. The SMILES string of the molecule is CN=C(NCC(=O)NCc1ccc(OC)cc1)NC1CC(C)(C)Oc2ccccc21.I. The van der Waals surface area contributed by atoms with Crippen LogP contribution < -0.4 is 25.4 Å². The Morgan fingerprint density at radius 1 is 1.16 bits per heavy atom. The molecule has 1 aliphatic heterocycles. The summed E-state index contributed by atoms with van der Waals surface area (Å²) in [6, 6.07) is 15.6. The van der Waals surface area contributed by atoms with Crippen LogP contribution in [0, 0.1) is 0 Å². The number of hydrogen-bond donors (Lipinski definition) is 3. The minimum atomic E-state index is -0.291. The second-order valence-corrected chi connectivity index (χ2v) is 7.85. The molecule has 2 aromatic carbocycles. The topological polar surface area (TPSA) is 84.0 Å². The number of para-hydroxylation sites is 1. The Hall–Kier alpha value is -2.49. The number of hydrogen-bond acceptors (Lipinski definition) is 4. The Bertz CT molecular complexity index is 900. The fourth-order valence-corrected chi connectivity index (χ4v) is 3.46. The van der Waals surface area contributed by atoms with Crippen LogP contribution in [-0.2, 0) is 11.3 Å². The maximum absolute atomic E-state index is 12.3. The second kappa shape index (κ2) is 11.2. The van der Waals surface area contributed by atoms with Gasteiger partial charge in [0.25, 0.3) is 0 Å². The monoisotopic (exact) mass is 538 g/mol. The molecule has 2 aromatic rings. The maximum Gasteiger partial charge on any atom is 0.239 e. The van der Waals surface area contributed by atoms with Gasteiger partial charge in [0.05, 0.1) is 19.7 Å². The highest BCUT2D eigenvalue weighted by atomic mass is 127. The molecule has 1 heterocycles. The van der Waals surface area contributed by atoms with Crippen molar-refractivity contribution in [1.29, 1.82) is 0 Å². The maximum atomic E-state index is 12.3. The van der Waals surface area contributed by atoms with Gasteiger partial charge in [-0.15, -0.1) is 24.0 Å². The summed E-state index contributed by atoms with van der Waals surface area (Å²) < 4.78 is 11.2. The predicted molar refractivity (Wildman–Crippen MR) is 133 cm³/mol. The Morgan fingerprint density at radius 3 is 2.55 bits per heavy atom. The molecule has 0 saturated carbocycles. The number of fused-ring (bicyclic) bond motifs is 1. The third kappa shape index (κ3) is 7.02. The van der Waals surface area contributed by atoms with E-state index in [-0.39, 0.29) is 48.1 Å². The number of ether oxygens (including phenoxy) is 2. The van der Waals surface area contributed by atoms with Crippen molar-refractivity contribution < 1.29 is 14.3 Å². The summed E-state index contributed by atoms with van der Waals surface area (Å²) in [5, 5.41) is 9.42.